The van der Waals surface area contributed by atoms with E-state index in [9.17, 15) is 9.90 Å². The van der Waals surface area contributed by atoms with Crippen LogP contribution < -0.4 is 9.64 Å². The number of benzene rings is 2. The lowest BCUT2D eigenvalue weighted by Gasteiger charge is -2.28. The van der Waals surface area contributed by atoms with E-state index < -0.39 is 5.97 Å². The number of aromatic nitrogens is 1. The van der Waals surface area contributed by atoms with Crippen LogP contribution in [0.3, 0.4) is 0 Å². The molecule has 0 radical (unpaired) electrons. The lowest BCUT2D eigenvalue weighted by Crippen LogP contribution is -2.17. The summed E-state index contributed by atoms with van der Waals surface area (Å²) in [4.78, 5) is 17.8. The van der Waals surface area contributed by atoms with Crippen LogP contribution >= 0.6 is 0 Å². The molecular weight excluding hydrogens is 400 g/mol. The van der Waals surface area contributed by atoms with Crippen molar-refractivity contribution in [3.63, 3.8) is 0 Å². The van der Waals surface area contributed by atoms with Crippen molar-refractivity contribution < 1.29 is 14.6 Å². The highest BCUT2D eigenvalue weighted by atomic mass is 16.5. The molecule has 0 saturated carbocycles. The summed E-state index contributed by atoms with van der Waals surface area (Å²) in [5, 5.41) is 9.43. The fraction of sp³-hybridized carbons (Fsp3) is 0.333. The number of nitrogens with zero attached hydrogens (tertiary/aromatic N) is 2. The summed E-state index contributed by atoms with van der Waals surface area (Å²) in [5.74, 6) is 0.880. The van der Waals surface area contributed by atoms with E-state index in [1.165, 1.54) is 17.3 Å². The van der Waals surface area contributed by atoms with E-state index >= 15 is 0 Å². The van der Waals surface area contributed by atoms with Crippen LogP contribution in [0.4, 0.5) is 11.4 Å². The molecule has 166 valence electrons. The van der Waals surface area contributed by atoms with E-state index in [4.69, 9.17) is 4.74 Å². The predicted molar refractivity (Wildman–Crippen MR) is 127 cm³/mol. The number of pyridine rings is 1. The van der Waals surface area contributed by atoms with Gasteiger partial charge < -0.3 is 14.7 Å². The maximum absolute atomic E-state index is 11.5. The Morgan fingerprint density at radius 1 is 1.16 bits per heavy atom. The van der Waals surface area contributed by atoms with Gasteiger partial charge in [-0.05, 0) is 72.1 Å². The molecule has 1 aromatic heterocycles. The Morgan fingerprint density at radius 3 is 2.62 bits per heavy atom. The molecule has 1 atom stereocenters. The van der Waals surface area contributed by atoms with E-state index in [1.807, 2.05) is 0 Å². The lowest BCUT2D eigenvalue weighted by atomic mass is 9.87. The maximum atomic E-state index is 11.5. The second kappa shape index (κ2) is 9.43. The first-order valence-corrected chi connectivity index (χ1v) is 11.2. The summed E-state index contributed by atoms with van der Waals surface area (Å²) in [7, 11) is 2.07. The Labute approximate surface area is 189 Å². The van der Waals surface area contributed by atoms with Gasteiger partial charge in [0.15, 0.2) is 0 Å². The average Bonchev–Trinajstić information content (AvgIpc) is 2.82. The summed E-state index contributed by atoms with van der Waals surface area (Å²) in [6.07, 6.45) is 5.69. The zero-order valence-corrected chi connectivity index (χ0v) is 18.9. The second-order valence-electron chi connectivity index (χ2n) is 8.74. The van der Waals surface area contributed by atoms with Crippen LogP contribution in [-0.4, -0.2) is 29.7 Å². The average molecular weight is 431 g/mol. The number of ether oxygens (including phenoxy) is 1. The highest BCUT2D eigenvalue weighted by Crippen LogP contribution is 2.39. The molecule has 0 unspecified atom stereocenters. The smallest absolute Gasteiger partial charge is 0.336 e. The summed E-state index contributed by atoms with van der Waals surface area (Å²) >= 11 is 0. The number of hydrogen-bond acceptors (Lipinski definition) is 4. The number of aromatic carboxylic acids is 1. The first-order valence-electron chi connectivity index (χ1n) is 11.2. The molecule has 0 aliphatic carbocycles. The Hall–Kier alpha value is -3.34. The molecule has 32 heavy (non-hydrogen) atoms. The van der Waals surface area contributed by atoms with Crippen LogP contribution in [-0.2, 0) is 6.42 Å². The van der Waals surface area contributed by atoms with Crippen molar-refractivity contribution in [2.24, 2.45) is 0 Å². The van der Waals surface area contributed by atoms with E-state index in [1.54, 1.807) is 12.3 Å². The minimum absolute atomic E-state index is 0.338. The third-order valence-corrected chi connectivity index (χ3v) is 6.39. The largest absolute Gasteiger partial charge is 0.493 e. The van der Waals surface area contributed by atoms with Crippen molar-refractivity contribution in [3.8, 4) is 5.75 Å². The molecule has 1 aliphatic heterocycles. The van der Waals surface area contributed by atoms with E-state index in [-0.39, 0.29) is 0 Å². The lowest BCUT2D eigenvalue weighted by molar-refractivity contribution is 0.0695. The minimum Gasteiger partial charge on any atom is -0.493 e. The molecule has 0 bridgehead atoms. The van der Waals surface area contributed by atoms with Crippen LogP contribution in [0.1, 0.15) is 65.6 Å². The highest BCUT2D eigenvalue weighted by molar-refractivity contribution is 5.89. The molecule has 2 aromatic carbocycles. The SMILES string of the molecule is CC(C)c1ccc(N(C)c2ccc3c(c2)OCC[C@H]3CCc2cnccc2C(=O)O)cc1. The fourth-order valence-corrected chi connectivity index (χ4v) is 4.36. The van der Waals surface area contributed by atoms with Gasteiger partial charge in [-0.3, -0.25) is 4.98 Å². The van der Waals surface area contributed by atoms with Crippen molar-refractivity contribution in [1.29, 1.82) is 0 Å². The van der Waals surface area contributed by atoms with E-state index in [0.29, 0.717) is 30.4 Å². The second-order valence-corrected chi connectivity index (χ2v) is 8.74. The van der Waals surface area contributed by atoms with Gasteiger partial charge in [-0.25, -0.2) is 4.79 Å². The summed E-state index contributed by atoms with van der Waals surface area (Å²) in [6, 6.07) is 16.7. The molecule has 1 N–H and O–H groups in total. The number of anilines is 2. The third-order valence-electron chi connectivity index (χ3n) is 6.39. The standard InChI is InChI=1S/C27H30N2O3/c1-18(2)19-6-8-22(9-7-19)29(3)23-10-11-24-20(13-15-32-26(24)16-23)4-5-21-17-28-14-12-25(21)27(30)31/h6-12,14,16-18,20H,4-5,13,15H2,1-3H3,(H,30,31)/t20-/m1/s1. The minimum atomic E-state index is -0.899. The molecule has 4 rings (SSSR count). The van der Waals surface area contributed by atoms with E-state index in [2.05, 4.69) is 73.2 Å². The molecule has 5 nitrogen and oxygen atoms in total. The van der Waals surface area contributed by atoms with Crippen molar-refractivity contribution in [2.45, 2.75) is 44.9 Å². The Balaban J connectivity index is 1.51. The van der Waals surface area contributed by atoms with Gasteiger partial charge in [0.25, 0.3) is 0 Å². The normalized spacial score (nSPS) is 15.2. The van der Waals surface area contributed by atoms with E-state index in [0.717, 1.165) is 35.5 Å². The van der Waals surface area contributed by atoms with Crippen LogP contribution in [0, 0.1) is 0 Å². The van der Waals surface area contributed by atoms with Crippen LogP contribution in [0.5, 0.6) is 5.75 Å². The van der Waals surface area contributed by atoms with Crippen molar-refractivity contribution in [3.05, 3.63) is 83.2 Å². The van der Waals surface area contributed by atoms with Crippen LogP contribution in [0.2, 0.25) is 0 Å². The quantitative estimate of drug-likeness (QED) is 0.486. The predicted octanol–water partition coefficient (Wildman–Crippen LogP) is 6.17. The van der Waals surface area contributed by atoms with Gasteiger partial charge in [0, 0.05) is 36.9 Å². The molecule has 3 aromatic rings. The van der Waals surface area contributed by atoms with Gasteiger partial charge in [0.1, 0.15) is 5.75 Å². The zero-order chi connectivity index (χ0) is 22.7. The molecule has 0 amide bonds. The Morgan fingerprint density at radius 2 is 1.91 bits per heavy atom. The molecule has 0 spiro atoms. The summed E-state index contributed by atoms with van der Waals surface area (Å²) < 4.78 is 6.01. The molecule has 2 heterocycles. The van der Waals surface area contributed by atoms with Crippen molar-refractivity contribution in [2.75, 3.05) is 18.6 Å². The van der Waals surface area contributed by atoms with Gasteiger partial charge >= 0.3 is 5.97 Å². The molecule has 5 heteroatoms. The molecule has 1 aliphatic rings. The topological polar surface area (TPSA) is 62.7 Å². The molecule has 0 fully saturated rings. The van der Waals surface area contributed by atoms with Crippen LogP contribution in [0.25, 0.3) is 0 Å². The van der Waals surface area contributed by atoms with Gasteiger partial charge in [-0.2, -0.15) is 0 Å². The summed E-state index contributed by atoms with van der Waals surface area (Å²) in [5.41, 5.74) is 5.88. The first-order chi connectivity index (χ1) is 15.4. The number of carboxylic acids is 1. The zero-order valence-electron chi connectivity index (χ0n) is 18.9. The number of aryl methyl sites for hydroxylation is 1. The van der Waals surface area contributed by atoms with Crippen molar-refractivity contribution in [1.82, 2.24) is 4.98 Å². The fourth-order valence-electron chi connectivity index (χ4n) is 4.36. The van der Waals surface area contributed by atoms with Crippen molar-refractivity contribution >= 4 is 17.3 Å². The van der Waals surface area contributed by atoms with Crippen LogP contribution in [0.15, 0.2) is 60.9 Å². The Bertz CT molecular complexity index is 1090. The number of rotatable bonds is 7. The first kappa shape index (κ1) is 21.9. The summed E-state index contributed by atoms with van der Waals surface area (Å²) in [6.45, 7) is 5.08. The number of carboxylic acid groups (broad SMARTS) is 1. The monoisotopic (exact) mass is 430 g/mol. The van der Waals surface area contributed by atoms with Gasteiger partial charge in [-0.1, -0.05) is 32.0 Å². The number of hydrogen-bond donors (Lipinski definition) is 1. The van der Waals surface area contributed by atoms with Gasteiger partial charge in [0.05, 0.1) is 12.2 Å². The maximum Gasteiger partial charge on any atom is 0.336 e. The highest BCUT2D eigenvalue weighted by Gasteiger charge is 2.23. The molecule has 0 saturated heterocycles. The van der Waals surface area contributed by atoms with Gasteiger partial charge in [-0.15, -0.1) is 0 Å². The number of carbonyl (C=O) groups is 1. The molecular formula is C27H30N2O3. The number of fused-ring (bicyclic) bond motifs is 1. The Kier molecular flexibility index (Phi) is 6.45. The van der Waals surface area contributed by atoms with Gasteiger partial charge in [0.2, 0.25) is 0 Å². The third kappa shape index (κ3) is 4.62.